The van der Waals surface area contributed by atoms with Crippen molar-refractivity contribution in [3.8, 4) is 0 Å². The number of anilines is 1. The molecule has 1 aromatic heterocycles. The smallest absolute Gasteiger partial charge is 0.0894 e. The SMILES string of the molecule is Cl.NNc1cccc2cn[nH]c12. The number of rotatable bonds is 1. The molecular formula is C7H9ClN4. The van der Waals surface area contributed by atoms with Gasteiger partial charge in [0.15, 0.2) is 0 Å². The molecule has 5 heteroatoms. The summed E-state index contributed by atoms with van der Waals surface area (Å²) in [6, 6.07) is 5.78. The van der Waals surface area contributed by atoms with Gasteiger partial charge in [-0.1, -0.05) is 12.1 Å². The Labute approximate surface area is 75.5 Å². The first-order valence-corrected chi connectivity index (χ1v) is 3.30. The fourth-order valence-corrected chi connectivity index (χ4v) is 1.09. The predicted molar refractivity (Wildman–Crippen MR) is 51.2 cm³/mol. The minimum absolute atomic E-state index is 0. The molecule has 0 amide bonds. The Morgan fingerprint density at radius 2 is 2.25 bits per heavy atom. The fourth-order valence-electron chi connectivity index (χ4n) is 1.09. The molecule has 2 rings (SSSR count). The molecule has 0 bridgehead atoms. The third-order valence-electron chi connectivity index (χ3n) is 1.63. The third-order valence-corrected chi connectivity index (χ3v) is 1.63. The van der Waals surface area contributed by atoms with E-state index in [1.165, 1.54) is 0 Å². The highest BCUT2D eigenvalue weighted by molar-refractivity contribution is 5.89. The van der Waals surface area contributed by atoms with Gasteiger partial charge in [-0.3, -0.25) is 10.9 Å². The number of hydrogen-bond donors (Lipinski definition) is 3. The van der Waals surface area contributed by atoms with Crippen LogP contribution in [0.3, 0.4) is 0 Å². The van der Waals surface area contributed by atoms with Gasteiger partial charge < -0.3 is 5.43 Å². The van der Waals surface area contributed by atoms with E-state index in [2.05, 4.69) is 15.6 Å². The molecule has 64 valence electrons. The van der Waals surface area contributed by atoms with Gasteiger partial charge in [0.05, 0.1) is 17.4 Å². The van der Waals surface area contributed by atoms with E-state index in [1.807, 2.05) is 18.2 Å². The maximum Gasteiger partial charge on any atom is 0.0894 e. The van der Waals surface area contributed by atoms with Gasteiger partial charge in [-0.2, -0.15) is 5.10 Å². The van der Waals surface area contributed by atoms with E-state index in [9.17, 15) is 0 Å². The molecule has 4 nitrogen and oxygen atoms in total. The van der Waals surface area contributed by atoms with Gasteiger partial charge in [0.2, 0.25) is 0 Å². The second-order valence-electron chi connectivity index (χ2n) is 2.28. The summed E-state index contributed by atoms with van der Waals surface area (Å²) in [5.41, 5.74) is 4.39. The van der Waals surface area contributed by atoms with Crippen molar-refractivity contribution in [2.75, 3.05) is 5.43 Å². The minimum Gasteiger partial charge on any atom is -0.322 e. The first-order chi connectivity index (χ1) is 5.42. The van der Waals surface area contributed by atoms with Crippen molar-refractivity contribution < 1.29 is 0 Å². The van der Waals surface area contributed by atoms with Crippen LogP contribution in [0.5, 0.6) is 0 Å². The molecule has 1 heterocycles. The zero-order valence-electron chi connectivity index (χ0n) is 6.24. The van der Waals surface area contributed by atoms with Crippen LogP contribution in [0.2, 0.25) is 0 Å². The molecule has 4 N–H and O–H groups in total. The number of nitrogens with two attached hydrogens (primary N) is 1. The number of hydrogen-bond acceptors (Lipinski definition) is 3. The molecule has 1 aromatic carbocycles. The van der Waals surface area contributed by atoms with Crippen molar-refractivity contribution >= 4 is 29.0 Å². The van der Waals surface area contributed by atoms with Crippen LogP contribution in [-0.2, 0) is 0 Å². The Morgan fingerprint density at radius 3 is 3.00 bits per heavy atom. The number of aromatic amines is 1. The summed E-state index contributed by atoms with van der Waals surface area (Å²) in [5.74, 6) is 5.28. The largest absolute Gasteiger partial charge is 0.322 e. The lowest BCUT2D eigenvalue weighted by Crippen LogP contribution is -2.06. The van der Waals surface area contributed by atoms with Crippen molar-refractivity contribution in [2.45, 2.75) is 0 Å². The van der Waals surface area contributed by atoms with Crippen LogP contribution in [0.25, 0.3) is 10.9 Å². The number of nitrogens with zero attached hydrogens (tertiary/aromatic N) is 1. The number of hydrazine groups is 1. The summed E-state index contributed by atoms with van der Waals surface area (Å²) >= 11 is 0. The average Bonchev–Trinajstić information content (AvgIpc) is 2.50. The molecule has 12 heavy (non-hydrogen) atoms. The summed E-state index contributed by atoms with van der Waals surface area (Å²) in [7, 11) is 0. The number of para-hydroxylation sites is 1. The summed E-state index contributed by atoms with van der Waals surface area (Å²) in [4.78, 5) is 0. The van der Waals surface area contributed by atoms with Gasteiger partial charge in [-0.05, 0) is 6.07 Å². The maximum atomic E-state index is 5.28. The molecule has 0 aliphatic carbocycles. The van der Waals surface area contributed by atoms with Crippen LogP contribution in [0.15, 0.2) is 24.4 Å². The molecule has 0 saturated carbocycles. The summed E-state index contributed by atoms with van der Waals surface area (Å²) in [6.07, 6.45) is 1.76. The molecule has 0 atom stereocenters. The Morgan fingerprint density at radius 1 is 1.42 bits per heavy atom. The van der Waals surface area contributed by atoms with Gasteiger partial charge in [0, 0.05) is 5.39 Å². The van der Waals surface area contributed by atoms with Crippen molar-refractivity contribution in [1.82, 2.24) is 10.2 Å². The fraction of sp³-hybridized carbons (Fsp3) is 0. The second kappa shape index (κ2) is 3.42. The summed E-state index contributed by atoms with van der Waals surface area (Å²) < 4.78 is 0. The summed E-state index contributed by atoms with van der Waals surface area (Å²) in [5, 5.41) is 7.79. The lowest BCUT2D eigenvalue weighted by Gasteiger charge is -1.98. The van der Waals surface area contributed by atoms with E-state index in [-0.39, 0.29) is 12.4 Å². The monoisotopic (exact) mass is 184 g/mol. The first kappa shape index (κ1) is 8.83. The highest BCUT2D eigenvalue weighted by Gasteiger charge is 1.98. The molecular weight excluding hydrogens is 176 g/mol. The minimum atomic E-state index is 0. The van der Waals surface area contributed by atoms with Gasteiger partial charge in [-0.25, -0.2) is 0 Å². The zero-order chi connectivity index (χ0) is 7.68. The van der Waals surface area contributed by atoms with Crippen LogP contribution in [0.4, 0.5) is 5.69 Å². The zero-order valence-corrected chi connectivity index (χ0v) is 7.06. The topological polar surface area (TPSA) is 66.7 Å². The molecule has 0 saturated heterocycles. The second-order valence-corrected chi connectivity index (χ2v) is 2.28. The van der Waals surface area contributed by atoms with E-state index in [0.29, 0.717) is 0 Å². The maximum absolute atomic E-state index is 5.28. The highest BCUT2D eigenvalue weighted by Crippen LogP contribution is 2.18. The number of nitrogen functional groups attached to an aromatic ring is 1. The Bertz CT molecular complexity index is 370. The molecule has 0 fully saturated rings. The van der Waals surface area contributed by atoms with Crippen molar-refractivity contribution in [2.24, 2.45) is 5.84 Å². The van der Waals surface area contributed by atoms with Crippen molar-refractivity contribution in [3.05, 3.63) is 24.4 Å². The molecule has 0 unspecified atom stereocenters. The first-order valence-electron chi connectivity index (χ1n) is 3.30. The molecule has 0 aliphatic heterocycles. The normalized spacial score (nSPS) is 9.42. The quantitative estimate of drug-likeness (QED) is 0.462. The molecule has 0 spiro atoms. The van der Waals surface area contributed by atoms with E-state index in [0.717, 1.165) is 16.6 Å². The predicted octanol–water partition coefficient (Wildman–Crippen LogP) is 1.27. The molecule has 0 aliphatic rings. The Hall–Kier alpha value is -1.26. The Kier molecular flexibility index (Phi) is 2.52. The number of aromatic nitrogens is 2. The lowest BCUT2D eigenvalue weighted by molar-refractivity contribution is 1.12. The number of fused-ring (bicyclic) bond motifs is 1. The standard InChI is InChI=1S/C7H8N4.ClH/c8-10-6-3-1-2-5-4-9-11-7(5)6;/h1-4,10H,8H2,(H,9,11);1H. The van der Waals surface area contributed by atoms with Crippen LogP contribution >= 0.6 is 12.4 Å². The van der Waals surface area contributed by atoms with E-state index in [1.54, 1.807) is 6.20 Å². The van der Waals surface area contributed by atoms with Crippen LogP contribution in [0, 0.1) is 0 Å². The van der Waals surface area contributed by atoms with Gasteiger partial charge in [0.1, 0.15) is 0 Å². The van der Waals surface area contributed by atoms with Crippen LogP contribution in [0.1, 0.15) is 0 Å². The van der Waals surface area contributed by atoms with E-state index < -0.39 is 0 Å². The number of benzene rings is 1. The summed E-state index contributed by atoms with van der Waals surface area (Å²) in [6.45, 7) is 0. The van der Waals surface area contributed by atoms with Gasteiger partial charge >= 0.3 is 0 Å². The highest BCUT2D eigenvalue weighted by atomic mass is 35.5. The van der Waals surface area contributed by atoms with E-state index >= 15 is 0 Å². The van der Waals surface area contributed by atoms with Crippen LogP contribution in [-0.4, -0.2) is 10.2 Å². The lowest BCUT2D eigenvalue weighted by atomic mass is 10.2. The third kappa shape index (κ3) is 1.22. The van der Waals surface area contributed by atoms with Crippen molar-refractivity contribution in [1.29, 1.82) is 0 Å². The van der Waals surface area contributed by atoms with Gasteiger partial charge in [-0.15, -0.1) is 12.4 Å². The number of nitrogens with one attached hydrogen (secondary N) is 2. The Balaban J connectivity index is 0.000000720. The van der Waals surface area contributed by atoms with E-state index in [4.69, 9.17) is 5.84 Å². The average molecular weight is 185 g/mol. The molecule has 0 radical (unpaired) electrons. The molecule has 2 aromatic rings. The number of halogens is 1. The van der Waals surface area contributed by atoms with Gasteiger partial charge in [0.25, 0.3) is 0 Å². The van der Waals surface area contributed by atoms with Crippen molar-refractivity contribution in [3.63, 3.8) is 0 Å². The number of H-pyrrole nitrogens is 1. The van der Waals surface area contributed by atoms with Crippen LogP contribution < -0.4 is 11.3 Å².